The number of phenols is 1. The van der Waals surface area contributed by atoms with Crippen molar-refractivity contribution < 1.29 is 19.4 Å². The fraction of sp³-hybridized carbons (Fsp3) is 0.536. The molecular weight excluding hydrogens is 400 g/mol. The standard InChI is InChI=1S/C28H40O4/c1-8-9-10-11-15-28(6,7)22-17-23(29)25(21-14-12-13-20(2)16-21)24(18-22)31-19-32-26(30)27(3,4)5/h12-14,16-18,29H,8-11,15,19H2,1-7H3. The molecule has 0 bridgehead atoms. The summed E-state index contributed by atoms with van der Waals surface area (Å²) >= 11 is 0. The lowest BCUT2D eigenvalue weighted by molar-refractivity contribution is -0.159. The second-order valence-electron chi connectivity index (χ2n) is 10.4. The summed E-state index contributed by atoms with van der Waals surface area (Å²) in [6.45, 7) is 13.8. The molecule has 2 aromatic rings. The summed E-state index contributed by atoms with van der Waals surface area (Å²) in [4.78, 5) is 12.2. The summed E-state index contributed by atoms with van der Waals surface area (Å²) in [7, 11) is 0. The van der Waals surface area contributed by atoms with Crippen molar-refractivity contribution >= 4 is 5.97 Å². The maximum atomic E-state index is 12.2. The lowest BCUT2D eigenvalue weighted by Gasteiger charge is -2.27. The van der Waals surface area contributed by atoms with E-state index in [-0.39, 0.29) is 23.9 Å². The summed E-state index contributed by atoms with van der Waals surface area (Å²) < 4.78 is 11.3. The number of rotatable bonds is 10. The fourth-order valence-corrected chi connectivity index (χ4v) is 3.70. The highest BCUT2D eigenvalue weighted by atomic mass is 16.7. The quantitative estimate of drug-likeness (QED) is 0.235. The zero-order valence-corrected chi connectivity index (χ0v) is 20.9. The van der Waals surface area contributed by atoms with E-state index in [1.807, 2.05) is 43.3 Å². The molecule has 0 aliphatic carbocycles. The number of phenolic OH excluding ortho intramolecular Hbond substituents is 1. The molecule has 0 unspecified atom stereocenters. The van der Waals surface area contributed by atoms with E-state index in [0.717, 1.165) is 29.5 Å². The first kappa shape index (κ1) is 25.8. The highest BCUT2D eigenvalue weighted by Crippen LogP contribution is 2.43. The van der Waals surface area contributed by atoms with Crippen molar-refractivity contribution in [3.8, 4) is 22.6 Å². The zero-order chi connectivity index (χ0) is 23.9. The van der Waals surface area contributed by atoms with Crippen molar-refractivity contribution in [3.63, 3.8) is 0 Å². The van der Waals surface area contributed by atoms with Crippen LogP contribution in [0, 0.1) is 12.3 Å². The maximum absolute atomic E-state index is 12.2. The number of benzene rings is 2. The topological polar surface area (TPSA) is 55.8 Å². The minimum absolute atomic E-state index is 0.115. The highest BCUT2D eigenvalue weighted by Gasteiger charge is 2.26. The number of esters is 1. The summed E-state index contributed by atoms with van der Waals surface area (Å²) in [5, 5.41) is 11.0. The van der Waals surface area contributed by atoms with Gasteiger partial charge in [-0.1, -0.05) is 76.3 Å². The van der Waals surface area contributed by atoms with Gasteiger partial charge < -0.3 is 14.6 Å². The van der Waals surface area contributed by atoms with Crippen LogP contribution in [0.1, 0.15) is 84.8 Å². The molecule has 0 radical (unpaired) electrons. The molecule has 0 heterocycles. The average Bonchev–Trinajstić information content (AvgIpc) is 2.70. The molecule has 0 atom stereocenters. The molecule has 0 aliphatic rings. The fourth-order valence-electron chi connectivity index (χ4n) is 3.70. The molecule has 2 rings (SSSR count). The number of hydrogen-bond acceptors (Lipinski definition) is 4. The van der Waals surface area contributed by atoms with Crippen molar-refractivity contribution in [2.24, 2.45) is 5.41 Å². The number of carbonyl (C=O) groups is 1. The monoisotopic (exact) mass is 440 g/mol. The first-order valence-corrected chi connectivity index (χ1v) is 11.7. The molecule has 0 amide bonds. The van der Waals surface area contributed by atoms with E-state index in [4.69, 9.17) is 9.47 Å². The third kappa shape index (κ3) is 7.01. The van der Waals surface area contributed by atoms with Gasteiger partial charge in [-0.3, -0.25) is 4.79 Å². The van der Waals surface area contributed by atoms with Gasteiger partial charge in [0.25, 0.3) is 0 Å². The second-order valence-corrected chi connectivity index (χ2v) is 10.4. The Bertz CT molecular complexity index is 906. The van der Waals surface area contributed by atoms with Crippen molar-refractivity contribution in [2.45, 2.75) is 86.0 Å². The van der Waals surface area contributed by atoms with E-state index in [2.05, 4.69) is 20.8 Å². The number of aromatic hydroxyl groups is 1. The number of aryl methyl sites for hydroxylation is 1. The molecule has 0 saturated carbocycles. The molecule has 0 aliphatic heterocycles. The molecule has 176 valence electrons. The average molecular weight is 441 g/mol. The van der Waals surface area contributed by atoms with Crippen LogP contribution in [0.5, 0.6) is 11.5 Å². The molecular formula is C28H40O4. The predicted octanol–water partition coefficient (Wildman–Crippen LogP) is 7.54. The van der Waals surface area contributed by atoms with Gasteiger partial charge in [0, 0.05) is 0 Å². The molecule has 2 aromatic carbocycles. The van der Waals surface area contributed by atoms with E-state index >= 15 is 0 Å². The normalized spacial score (nSPS) is 12.0. The van der Waals surface area contributed by atoms with Crippen LogP contribution >= 0.6 is 0 Å². The van der Waals surface area contributed by atoms with Gasteiger partial charge in [-0.15, -0.1) is 0 Å². The number of ether oxygens (including phenoxy) is 2. The molecule has 4 nitrogen and oxygen atoms in total. The van der Waals surface area contributed by atoms with Gasteiger partial charge in [-0.25, -0.2) is 0 Å². The largest absolute Gasteiger partial charge is 0.507 e. The SMILES string of the molecule is CCCCCCC(C)(C)c1cc(O)c(-c2cccc(C)c2)c(OCOC(=O)C(C)(C)C)c1. The Morgan fingerprint density at radius 3 is 2.34 bits per heavy atom. The molecule has 0 fully saturated rings. The first-order chi connectivity index (χ1) is 15.0. The number of carbonyl (C=O) groups excluding carboxylic acids is 1. The van der Waals surface area contributed by atoms with E-state index < -0.39 is 5.41 Å². The van der Waals surface area contributed by atoms with E-state index in [1.54, 1.807) is 20.8 Å². The molecule has 32 heavy (non-hydrogen) atoms. The van der Waals surface area contributed by atoms with E-state index in [1.165, 1.54) is 19.3 Å². The van der Waals surface area contributed by atoms with Crippen LogP contribution < -0.4 is 4.74 Å². The van der Waals surface area contributed by atoms with E-state index in [9.17, 15) is 9.90 Å². The zero-order valence-electron chi connectivity index (χ0n) is 20.9. The Hall–Kier alpha value is -2.49. The van der Waals surface area contributed by atoms with Gasteiger partial charge in [0.1, 0.15) is 11.5 Å². The lowest BCUT2D eigenvalue weighted by atomic mass is 9.79. The Balaban J connectivity index is 2.38. The first-order valence-electron chi connectivity index (χ1n) is 11.7. The molecule has 0 aromatic heterocycles. The van der Waals surface area contributed by atoms with Crippen LogP contribution in [-0.4, -0.2) is 17.9 Å². The summed E-state index contributed by atoms with van der Waals surface area (Å²) in [6, 6.07) is 11.8. The summed E-state index contributed by atoms with van der Waals surface area (Å²) in [5.74, 6) is 0.368. The van der Waals surface area contributed by atoms with Gasteiger partial charge in [0.05, 0.1) is 11.0 Å². The second kappa shape index (κ2) is 10.9. The Morgan fingerprint density at radius 2 is 1.72 bits per heavy atom. The van der Waals surface area contributed by atoms with Crippen LogP contribution in [0.2, 0.25) is 0 Å². The van der Waals surface area contributed by atoms with Gasteiger partial charge >= 0.3 is 5.97 Å². The van der Waals surface area contributed by atoms with Crippen LogP contribution in [0.4, 0.5) is 0 Å². The van der Waals surface area contributed by atoms with E-state index in [0.29, 0.717) is 11.3 Å². The van der Waals surface area contributed by atoms with Crippen molar-refractivity contribution in [1.82, 2.24) is 0 Å². The molecule has 0 saturated heterocycles. The smallest absolute Gasteiger partial charge is 0.314 e. The van der Waals surface area contributed by atoms with Crippen molar-refractivity contribution in [1.29, 1.82) is 0 Å². The predicted molar refractivity (Wildman–Crippen MR) is 131 cm³/mol. The minimum atomic E-state index is -0.604. The third-order valence-electron chi connectivity index (χ3n) is 5.84. The van der Waals surface area contributed by atoms with Gasteiger partial charge in [-0.05, 0) is 62.8 Å². The minimum Gasteiger partial charge on any atom is -0.507 e. The van der Waals surface area contributed by atoms with Crippen molar-refractivity contribution in [3.05, 3.63) is 47.5 Å². The van der Waals surface area contributed by atoms with Crippen LogP contribution in [0.25, 0.3) is 11.1 Å². The van der Waals surface area contributed by atoms with Crippen molar-refractivity contribution in [2.75, 3.05) is 6.79 Å². The number of hydrogen-bond donors (Lipinski definition) is 1. The molecule has 0 spiro atoms. The Kier molecular flexibility index (Phi) is 8.77. The summed E-state index contributed by atoms with van der Waals surface area (Å²) in [6.07, 6.45) is 5.81. The van der Waals surface area contributed by atoms with Crippen LogP contribution in [0.15, 0.2) is 36.4 Å². The number of unbranched alkanes of at least 4 members (excludes halogenated alkanes) is 3. The van der Waals surface area contributed by atoms with Gasteiger partial charge in [0.15, 0.2) is 0 Å². The Morgan fingerprint density at radius 1 is 1.00 bits per heavy atom. The Labute approximate surface area is 194 Å². The summed E-state index contributed by atoms with van der Waals surface area (Å²) in [5.41, 5.74) is 2.87. The van der Waals surface area contributed by atoms with Gasteiger partial charge in [-0.2, -0.15) is 0 Å². The maximum Gasteiger partial charge on any atom is 0.314 e. The van der Waals surface area contributed by atoms with Gasteiger partial charge in [0.2, 0.25) is 6.79 Å². The molecule has 1 N–H and O–H groups in total. The highest BCUT2D eigenvalue weighted by molar-refractivity contribution is 5.78. The van der Waals surface area contributed by atoms with Crippen LogP contribution in [-0.2, 0) is 14.9 Å². The molecule has 4 heteroatoms. The third-order valence-corrected chi connectivity index (χ3v) is 5.84. The lowest BCUT2D eigenvalue weighted by Crippen LogP contribution is -2.24. The van der Waals surface area contributed by atoms with Crippen LogP contribution in [0.3, 0.4) is 0 Å².